The second kappa shape index (κ2) is 4.09. The van der Waals surface area contributed by atoms with Crippen LogP contribution in [0, 0.1) is 0 Å². The van der Waals surface area contributed by atoms with Gasteiger partial charge in [0, 0.05) is 12.7 Å². The van der Waals surface area contributed by atoms with Crippen LogP contribution >= 0.6 is 11.6 Å². The minimum absolute atomic E-state index is 0.257. The molecular formula is C10H10ClN3O2. The Balaban J connectivity index is 2.66. The first-order valence-electron chi connectivity index (χ1n) is 4.77. The van der Waals surface area contributed by atoms with Crippen LogP contribution < -0.4 is 0 Å². The molecule has 0 aliphatic rings. The average Bonchev–Trinajstić information content (AvgIpc) is 2.72. The Kier molecular flexibility index (Phi) is 2.78. The largest absolute Gasteiger partial charge is 0.465 e. The Labute approximate surface area is 97.0 Å². The fourth-order valence-corrected chi connectivity index (χ4v) is 1.74. The number of fused-ring (bicyclic) bond motifs is 1. The number of methoxy groups -OCH3 is 1. The first-order chi connectivity index (χ1) is 7.69. The molecule has 2 aromatic heterocycles. The molecule has 6 heteroatoms. The highest BCUT2D eigenvalue weighted by Crippen LogP contribution is 2.25. The van der Waals surface area contributed by atoms with Crippen molar-refractivity contribution in [3.8, 4) is 0 Å². The molecule has 0 radical (unpaired) electrons. The summed E-state index contributed by atoms with van der Waals surface area (Å²) >= 11 is 6.09. The van der Waals surface area contributed by atoms with Crippen molar-refractivity contribution in [1.82, 2.24) is 14.8 Å². The summed E-state index contributed by atoms with van der Waals surface area (Å²) in [5, 5.41) is 5.11. The molecule has 2 aromatic rings. The molecule has 0 aliphatic carbocycles. The third-order valence-corrected chi connectivity index (χ3v) is 2.71. The van der Waals surface area contributed by atoms with Gasteiger partial charge in [-0.1, -0.05) is 11.6 Å². The third-order valence-electron chi connectivity index (χ3n) is 2.31. The van der Waals surface area contributed by atoms with Crippen LogP contribution in [0.4, 0.5) is 0 Å². The molecule has 0 aliphatic heterocycles. The number of nitrogens with zero attached hydrogens (tertiary/aromatic N) is 3. The third kappa shape index (κ3) is 1.53. The molecule has 2 heterocycles. The van der Waals surface area contributed by atoms with Crippen LogP contribution in [0.2, 0.25) is 5.02 Å². The zero-order valence-corrected chi connectivity index (χ0v) is 9.65. The molecule has 16 heavy (non-hydrogen) atoms. The summed E-state index contributed by atoms with van der Waals surface area (Å²) in [5.74, 6) is -0.497. The molecule has 0 atom stereocenters. The summed E-state index contributed by atoms with van der Waals surface area (Å²) in [4.78, 5) is 15.5. The fourth-order valence-electron chi connectivity index (χ4n) is 1.48. The van der Waals surface area contributed by atoms with Gasteiger partial charge in [-0.25, -0.2) is 14.5 Å². The van der Waals surface area contributed by atoms with Gasteiger partial charge in [0.15, 0.2) is 5.65 Å². The summed E-state index contributed by atoms with van der Waals surface area (Å²) in [5.41, 5.74) is 0.924. The number of esters is 1. The zero-order valence-electron chi connectivity index (χ0n) is 8.90. The molecule has 5 nitrogen and oxygen atoms in total. The number of carbonyl (C=O) groups excluding carboxylic acids is 1. The van der Waals surface area contributed by atoms with Crippen molar-refractivity contribution in [3.63, 3.8) is 0 Å². The minimum atomic E-state index is -0.497. The molecule has 0 fully saturated rings. The number of ether oxygens (including phenoxy) is 1. The Bertz CT molecular complexity index is 550. The van der Waals surface area contributed by atoms with Gasteiger partial charge in [-0.2, -0.15) is 5.10 Å². The van der Waals surface area contributed by atoms with Crippen LogP contribution in [0.1, 0.15) is 17.3 Å². The quantitative estimate of drug-likeness (QED) is 0.751. The van der Waals surface area contributed by atoms with Crippen LogP contribution in [0.3, 0.4) is 0 Å². The Hall–Kier alpha value is -1.62. The molecule has 0 spiro atoms. The van der Waals surface area contributed by atoms with Gasteiger partial charge in [-0.3, -0.25) is 0 Å². The second-order valence-electron chi connectivity index (χ2n) is 3.18. The highest BCUT2D eigenvalue weighted by Gasteiger charge is 2.16. The van der Waals surface area contributed by atoms with E-state index in [1.807, 2.05) is 6.92 Å². The van der Waals surface area contributed by atoms with Crippen molar-refractivity contribution in [2.24, 2.45) is 0 Å². The molecule has 2 rings (SSSR count). The van der Waals surface area contributed by atoms with Crippen LogP contribution in [-0.4, -0.2) is 27.8 Å². The molecule has 0 N–H and O–H groups in total. The fraction of sp³-hybridized carbons (Fsp3) is 0.300. The van der Waals surface area contributed by atoms with Gasteiger partial charge in [-0.05, 0) is 6.92 Å². The molecule has 0 saturated heterocycles. The van der Waals surface area contributed by atoms with Crippen LogP contribution in [-0.2, 0) is 11.3 Å². The van der Waals surface area contributed by atoms with Crippen LogP contribution in [0.15, 0.2) is 12.4 Å². The van der Waals surface area contributed by atoms with Crippen molar-refractivity contribution in [2.75, 3.05) is 7.11 Å². The lowest BCUT2D eigenvalue weighted by molar-refractivity contribution is 0.0600. The number of pyridine rings is 1. The van der Waals surface area contributed by atoms with Crippen LogP contribution in [0.5, 0.6) is 0 Å². The van der Waals surface area contributed by atoms with Crippen molar-refractivity contribution in [3.05, 3.63) is 23.0 Å². The normalized spacial score (nSPS) is 10.7. The predicted molar refractivity (Wildman–Crippen MR) is 59.6 cm³/mol. The topological polar surface area (TPSA) is 57.0 Å². The Morgan fingerprint density at radius 3 is 2.94 bits per heavy atom. The van der Waals surface area contributed by atoms with Gasteiger partial charge in [0.2, 0.25) is 0 Å². The smallest absolute Gasteiger partial charge is 0.340 e. The maximum absolute atomic E-state index is 11.4. The lowest BCUT2D eigenvalue weighted by Gasteiger charge is -2.03. The number of aromatic nitrogens is 3. The minimum Gasteiger partial charge on any atom is -0.465 e. The average molecular weight is 240 g/mol. The van der Waals surface area contributed by atoms with E-state index in [0.29, 0.717) is 22.6 Å². The SMILES string of the molecule is CCn1ncc2c(Cl)c(C(=O)OC)cnc21. The van der Waals surface area contributed by atoms with Gasteiger partial charge in [0.25, 0.3) is 0 Å². The number of rotatable bonds is 2. The summed E-state index contributed by atoms with van der Waals surface area (Å²) in [6, 6.07) is 0. The maximum Gasteiger partial charge on any atom is 0.340 e. The molecule has 0 unspecified atom stereocenters. The van der Waals surface area contributed by atoms with E-state index < -0.39 is 5.97 Å². The van der Waals surface area contributed by atoms with Crippen molar-refractivity contribution < 1.29 is 9.53 Å². The first kappa shape index (κ1) is 10.9. The Morgan fingerprint density at radius 2 is 2.31 bits per heavy atom. The highest BCUT2D eigenvalue weighted by atomic mass is 35.5. The molecule has 0 aromatic carbocycles. The molecule has 0 bridgehead atoms. The van der Waals surface area contributed by atoms with E-state index in [-0.39, 0.29) is 5.56 Å². The van der Waals surface area contributed by atoms with E-state index in [1.54, 1.807) is 10.9 Å². The van der Waals surface area contributed by atoms with Crippen molar-refractivity contribution in [1.29, 1.82) is 0 Å². The number of hydrogen-bond acceptors (Lipinski definition) is 4. The number of halogens is 1. The van der Waals surface area contributed by atoms with Gasteiger partial charge in [0.05, 0.1) is 29.3 Å². The Morgan fingerprint density at radius 1 is 1.56 bits per heavy atom. The van der Waals surface area contributed by atoms with Gasteiger partial charge >= 0.3 is 5.97 Å². The summed E-state index contributed by atoms with van der Waals surface area (Å²) < 4.78 is 6.32. The van der Waals surface area contributed by atoms with Crippen molar-refractivity contribution in [2.45, 2.75) is 13.5 Å². The lowest BCUT2D eigenvalue weighted by atomic mass is 10.2. The van der Waals surface area contributed by atoms with E-state index in [0.717, 1.165) is 0 Å². The number of aryl methyl sites for hydroxylation is 1. The van der Waals surface area contributed by atoms with E-state index in [1.165, 1.54) is 13.3 Å². The summed E-state index contributed by atoms with van der Waals surface area (Å²) in [6.07, 6.45) is 3.00. The first-order valence-corrected chi connectivity index (χ1v) is 5.15. The van der Waals surface area contributed by atoms with Crippen LogP contribution in [0.25, 0.3) is 11.0 Å². The standard InChI is InChI=1S/C10H10ClN3O2/c1-3-14-9-6(5-13-14)8(11)7(4-12-9)10(15)16-2/h4-5H,3H2,1-2H3. The summed E-state index contributed by atoms with van der Waals surface area (Å²) in [6.45, 7) is 2.65. The van der Waals surface area contributed by atoms with Gasteiger partial charge < -0.3 is 4.74 Å². The van der Waals surface area contributed by atoms with Gasteiger partial charge in [-0.15, -0.1) is 0 Å². The molecular weight excluding hydrogens is 230 g/mol. The molecule has 0 amide bonds. The van der Waals surface area contributed by atoms with E-state index in [2.05, 4.69) is 14.8 Å². The molecule has 0 saturated carbocycles. The molecule has 84 valence electrons. The number of carbonyl (C=O) groups is 1. The van der Waals surface area contributed by atoms with Gasteiger partial charge in [0.1, 0.15) is 0 Å². The zero-order chi connectivity index (χ0) is 11.7. The second-order valence-corrected chi connectivity index (χ2v) is 3.55. The van der Waals surface area contributed by atoms with E-state index in [4.69, 9.17) is 11.6 Å². The van der Waals surface area contributed by atoms with Crippen molar-refractivity contribution >= 4 is 28.6 Å². The number of hydrogen-bond donors (Lipinski definition) is 0. The van der Waals surface area contributed by atoms with E-state index >= 15 is 0 Å². The highest BCUT2D eigenvalue weighted by molar-refractivity contribution is 6.38. The maximum atomic E-state index is 11.4. The predicted octanol–water partition coefficient (Wildman–Crippen LogP) is 1.89. The van der Waals surface area contributed by atoms with E-state index in [9.17, 15) is 4.79 Å². The lowest BCUT2D eigenvalue weighted by Crippen LogP contribution is -2.04. The summed E-state index contributed by atoms with van der Waals surface area (Å²) in [7, 11) is 1.30. The monoisotopic (exact) mass is 239 g/mol.